The highest BCUT2D eigenvalue weighted by Gasteiger charge is 2.32. The lowest BCUT2D eigenvalue weighted by molar-refractivity contribution is 0.106. The van der Waals surface area contributed by atoms with Gasteiger partial charge in [0, 0.05) is 38.9 Å². The third kappa shape index (κ3) is 6.87. The minimum atomic E-state index is -0.547. The molecule has 8 aromatic carbocycles. The number of benzene rings is 8. The first-order valence-electron chi connectivity index (χ1n) is 21.5. The van der Waals surface area contributed by atoms with Crippen molar-refractivity contribution in [3.8, 4) is 90.9 Å². The van der Waals surface area contributed by atoms with Gasteiger partial charge in [0.05, 0.1) is 11.0 Å². The molecule has 0 saturated heterocycles. The van der Waals surface area contributed by atoms with Crippen LogP contribution in [-0.4, -0.2) is 39.5 Å². The minimum absolute atomic E-state index is 0.457. The molecular weight excluding hydrogens is 801 g/mol. The molecule has 12 rings (SSSR count). The Morgan fingerprint density at radius 3 is 1.72 bits per heavy atom. The van der Waals surface area contributed by atoms with Crippen LogP contribution in [0.15, 0.2) is 194 Å². The van der Waals surface area contributed by atoms with E-state index in [4.69, 9.17) is 34.6 Å². The Hall–Kier alpha value is -8.69. The zero-order valence-corrected chi connectivity index (χ0v) is 35.5. The molecule has 0 aliphatic carbocycles. The summed E-state index contributed by atoms with van der Waals surface area (Å²) in [4.78, 5) is 35.5. The number of ether oxygens (including phenoxy) is 1. The zero-order valence-electron chi connectivity index (χ0n) is 35.5. The summed E-state index contributed by atoms with van der Waals surface area (Å²) in [6.45, 7) is 4.23. The van der Waals surface area contributed by atoms with Crippen molar-refractivity contribution in [2.24, 2.45) is 0 Å². The summed E-state index contributed by atoms with van der Waals surface area (Å²) < 4.78 is 8.75. The third-order valence-electron chi connectivity index (χ3n) is 12.0. The molecule has 0 fully saturated rings. The highest BCUT2D eigenvalue weighted by molar-refractivity contribution is 5.89. The number of fused-ring (bicyclic) bond motifs is 5. The Morgan fingerprint density at radius 1 is 0.400 bits per heavy atom. The third-order valence-corrected chi connectivity index (χ3v) is 12.0. The monoisotopic (exact) mass is 838 g/mol. The van der Waals surface area contributed by atoms with Crippen LogP contribution in [0.2, 0.25) is 0 Å². The van der Waals surface area contributed by atoms with Gasteiger partial charge in [0.15, 0.2) is 29.1 Å². The van der Waals surface area contributed by atoms with Crippen LogP contribution in [0.3, 0.4) is 0 Å². The van der Waals surface area contributed by atoms with E-state index >= 15 is 0 Å². The van der Waals surface area contributed by atoms with Crippen LogP contribution in [0.25, 0.3) is 107 Å². The predicted octanol–water partition coefficient (Wildman–Crippen LogP) is 12.8. The van der Waals surface area contributed by atoms with E-state index < -0.39 is 5.60 Å². The van der Waals surface area contributed by atoms with Crippen molar-refractivity contribution >= 4 is 21.8 Å². The number of nitrogens with zero attached hydrogens (tertiary/aromatic N) is 8. The summed E-state index contributed by atoms with van der Waals surface area (Å²) in [5, 5.41) is 2.23. The summed E-state index contributed by atoms with van der Waals surface area (Å²) in [6, 6.07) is 63.7. The van der Waals surface area contributed by atoms with Gasteiger partial charge in [-0.05, 0) is 77.7 Å². The molecule has 0 N–H and O–H groups in total. The van der Waals surface area contributed by atoms with Gasteiger partial charge in [-0.25, -0.2) is 24.9 Å². The number of imidazole rings is 1. The molecule has 4 heterocycles. The molecule has 0 atom stereocenters. The number of para-hydroxylation sites is 2. The molecule has 1 aliphatic heterocycles. The Labute approximate surface area is 374 Å². The van der Waals surface area contributed by atoms with Crippen LogP contribution < -0.4 is 4.74 Å². The fraction of sp³-hybridized carbons (Fsp3) is 0.0536. The van der Waals surface area contributed by atoms with Crippen LogP contribution in [0.5, 0.6) is 5.75 Å². The normalized spacial score (nSPS) is 12.7. The molecule has 0 spiro atoms. The van der Waals surface area contributed by atoms with E-state index in [1.54, 1.807) is 6.33 Å². The maximum absolute atomic E-state index is 6.83. The van der Waals surface area contributed by atoms with E-state index in [0.717, 1.165) is 83.2 Å². The van der Waals surface area contributed by atoms with Gasteiger partial charge >= 0.3 is 0 Å². The zero-order chi connectivity index (χ0) is 43.5. The lowest BCUT2D eigenvalue weighted by atomic mass is 9.85. The molecule has 9 nitrogen and oxygen atoms in total. The van der Waals surface area contributed by atoms with Crippen LogP contribution in [0.1, 0.15) is 19.4 Å². The molecule has 0 amide bonds. The molecule has 308 valence electrons. The summed E-state index contributed by atoms with van der Waals surface area (Å²) in [5.41, 5.74) is 10.6. The van der Waals surface area contributed by atoms with Gasteiger partial charge < -0.3 is 4.74 Å². The number of hydrogen-bond acceptors (Lipinski definition) is 8. The van der Waals surface area contributed by atoms with E-state index in [1.165, 1.54) is 0 Å². The lowest BCUT2D eigenvalue weighted by Crippen LogP contribution is -2.29. The van der Waals surface area contributed by atoms with Crippen molar-refractivity contribution in [3.63, 3.8) is 0 Å². The Morgan fingerprint density at radius 2 is 0.969 bits per heavy atom. The van der Waals surface area contributed by atoms with E-state index in [1.807, 2.05) is 108 Å². The van der Waals surface area contributed by atoms with E-state index in [-0.39, 0.29) is 0 Å². The van der Waals surface area contributed by atoms with Crippen molar-refractivity contribution in [2.45, 2.75) is 19.4 Å². The highest BCUT2D eigenvalue weighted by Crippen LogP contribution is 2.47. The van der Waals surface area contributed by atoms with E-state index in [2.05, 4.69) is 104 Å². The van der Waals surface area contributed by atoms with E-state index in [0.29, 0.717) is 35.1 Å². The average Bonchev–Trinajstić information content (AvgIpc) is 3.80. The first-order valence-corrected chi connectivity index (χ1v) is 21.5. The first kappa shape index (κ1) is 38.0. The average molecular weight is 839 g/mol. The Bertz CT molecular complexity index is 3570. The van der Waals surface area contributed by atoms with Gasteiger partial charge in [-0.3, -0.25) is 4.57 Å². The van der Waals surface area contributed by atoms with Crippen LogP contribution in [-0.2, 0) is 5.60 Å². The number of hydrogen-bond donors (Lipinski definition) is 0. The fourth-order valence-electron chi connectivity index (χ4n) is 8.79. The van der Waals surface area contributed by atoms with Crippen LogP contribution in [0.4, 0.5) is 0 Å². The predicted molar refractivity (Wildman–Crippen MR) is 257 cm³/mol. The van der Waals surface area contributed by atoms with Crippen molar-refractivity contribution < 1.29 is 4.74 Å². The lowest BCUT2D eigenvalue weighted by Gasteiger charge is -2.35. The van der Waals surface area contributed by atoms with Crippen molar-refractivity contribution in [1.29, 1.82) is 0 Å². The highest BCUT2D eigenvalue weighted by atomic mass is 16.5. The molecule has 9 heteroatoms. The molecule has 0 bridgehead atoms. The van der Waals surface area contributed by atoms with Gasteiger partial charge in [0.25, 0.3) is 0 Å². The first-order chi connectivity index (χ1) is 31.9. The molecule has 0 unspecified atom stereocenters. The summed E-state index contributed by atoms with van der Waals surface area (Å²) in [7, 11) is 0. The second-order valence-electron chi connectivity index (χ2n) is 16.6. The van der Waals surface area contributed by atoms with E-state index in [9.17, 15) is 0 Å². The molecule has 0 radical (unpaired) electrons. The van der Waals surface area contributed by atoms with Crippen LogP contribution in [0, 0.1) is 0 Å². The Kier molecular flexibility index (Phi) is 8.94. The maximum Gasteiger partial charge on any atom is 0.239 e. The standard InChI is InChI=1S/C56H38N8O/c1-56(2)46-22-12-11-21-42(46)43-29-27-39(33-49(43)65-56)45-32-41(28-30-44(45)54-60-50(36-16-5-3-6-17-36)58-51(61-54)37-18-7-4-8-19-37)53-59-52(40-26-25-35-15-9-10-20-38(35)31-40)62-55(63-53)64-34-57-47-23-13-14-24-48(47)64/h3-34H,1-2H3. The molecule has 11 aromatic rings. The van der Waals surface area contributed by atoms with Gasteiger partial charge in [-0.2, -0.15) is 9.97 Å². The summed E-state index contributed by atoms with van der Waals surface area (Å²) >= 11 is 0. The second kappa shape index (κ2) is 15.3. The SMILES string of the molecule is CC1(C)Oc2cc(-c3cc(-c4nc(-c5ccc6ccccc6c5)nc(-n5cnc6ccccc65)n4)ccc3-c3nc(-c4ccccc4)nc(-c4ccccc4)n3)ccc2-c2ccccc21. The summed E-state index contributed by atoms with van der Waals surface area (Å²) in [6.07, 6.45) is 1.77. The minimum Gasteiger partial charge on any atom is -0.482 e. The van der Waals surface area contributed by atoms with Crippen molar-refractivity contribution in [1.82, 2.24) is 39.5 Å². The topological polar surface area (TPSA) is 104 Å². The second-order valence-corrected chi connectivity index (χ2v) is 16.6. The summed E-state index contributed by atoms with van der Waals surface area (Å²) in [5.74, 6) is 3.97. The van der Waals surface area contributed by atoms with Crippen molar-refractivity contribution in [2.75, 3.05) is 0 Å². The molecule has 1 aliphatic rings. The smallest absolute Gasteiger partial charge is 0.239 e. The molecule has 3 aromatic heterocycles. The van der Waals surface area contributed by atoms with Gasteiger partial charge in [0.2, 0.25) is 5.95 Å². The quantitative estimate of drug-likeness (QED) is 0.156. The van der Waals surface area contributed by atoms with Crippen molar-refractivity contribution in [3.05, 3.63) is 200 Å². The maximum atomic E-state index is 6.83. The molecule has 0 saturated carbocycles. The molecular formula is C56H38N8O. The fourth-order valence-corrected chi connectivity index (χ4v) is 8.79. The van der Waals surface area contributed by atoms with Gasteiger partial charge in [-0.15, -0.1) is 0 Å². The van der Waals surface area contributed by atoms with Crippen LogP contribution >= 0.6 is 0 Å². The molecule has 65 heavy (non-hydrogen) atoms. The largest absolute Gasteiger partial charge is 0.482 e. The Balaban J connectivity index is 1.09. The number of aromatic nitrogens is 8. The number of rotatable bonds is 7. The van der Waals surface area contributed by atoms with Gasteiger partial charge in [0.1, 0.15) is 17.7 Å². The van der Waals surface area contributed by atoms with Gasteiger partial charge in [-0.1, -0.05) is 152 Å².